The molecular weight excluding hydrogens is 550 g/mol. The molecule has 151 valence electrons. The van der Waals surface area contributed by atoms with Gasteiger partial charge in [-0.1, -0.05) is 27.7 Å². The van der Waals surface area contributed by atoms with Gasteiger partial charge in [0.1, 0.15) is 0 Å². The Labute approximate surface area is 173 Å². The molecule has 0 bridgehead atoms. The van der Waals surface area contributed by atoms with E-state index in [1.165, 1.54) is 14.0 Å². The Morgan fingerprint density at radius 1 is 1.26 bits per heavy atom. The first-order valence-corrected chi connectivity index (χ1v) is 11.2. The summed E-state index contributed by atoms with van der Waals surface area (Å²) in [5, 5.41) is 31.5. The standard InChI is InChI=1S/C10H15BN3O8.2C2H6.Hg/c1-5-3-7(15)12-10(18)14(5)9(17)8(16)6(21-2)4-22-11(19)13-20;2*1-2;/h6,8-9,16-17,19H,4H2,1-2H3,(H,12,15,18);2*1-2H3;. The molecule has 0 amide bonds. The van der Waals surface area contributed by atoms with Gasteiger partial charge in [-0.15, -0.1) is 0 Å². The molecule has 11 nitrogen and oxygen atoms in total. The van der Waals surface area contributed by atoms with E-state index in [1.807, 2.05) is 27.7 Å². The number of hydrogen-bond acceptors (Lipinski definition) is 9. The van der Waals surface area contributed by atoms with Gasteiger partial charge in [-0.2, -0.15) is 0 Å². The third kappa shape index (κ3) is 8.32. The molecule has 0 aliphatic heterocycles. The molecule has 0 aliphatic carbocycles. The van der Waals surface area contributed by atoms with E-state index in [1.54, 1.807) is 0 Å². The van der Waals surface area contributed by atoms with E-state index in [4.69, 9.17) is 9.76 Å². The first kappa shape index (κ1) is 28.3. The van der Waals surface area contributed by atoms with Gasteiger partial charge in [0, 0.05) is 0 Å². The molecule has 1 rings (SSSR count). The fraction of sp³-hybridized carbons (Fsp3) is 0.714. The number of hydrogen-bond donors (Lipinski definition) is 4. The summed E-state index contributed by atoms with van der Waals surface area (Å²) in [6.45, 7) is 9.02. The zero-order valence-corrected chi connectivity index (χ0v) is 22.0. The van der Waals surface area contributed by atoms with Crippen LogP contribution in [0.2, 0.25) is 0 Å². The minimum absolute atomic E-state index is 0.117. The number of aromatic amines is 1. The number of aliphatic hydroxyl groups excluding tert-OH is 2. The van der Waals surface area contributed by atoms with E-state index in [0.717, 1.165) is 4.57 Å². The molecule has 1 aromatic rings. The number of aromatic nitrogens is 2. The molecule has 0 saturated carbocycles. The monoisotopic (exact) mass is 578 g/mol. The normalized spacial score (nSPS) is 13.3. The van der Waals surface area contributed by atoms with Crippen LogP contribution in [0.1, 0.15) is 39.6 Å². The number of H-pyrrole nitrogens is 1. The van der Waals surface area contributed by atoms with Crippen molar-refractivity contribution in [2.45, 2.75) is 53.1 Å². The number of nitrogens with one attached hydrogen (secondary N) is 1. The summed E-state index contributed by atoms with van der Waals surface area (Å²) in [5.41, 5.74) is -1.14. The van der Waals surface area contributed by atoms with Crippen LogP contribution in [0, 0.1) is 11.8 Å². The van der Waals surface area contributed by atoms with Crippen molar-refractivity contribution in [3.8, 4) is 0 Å². The Bertz CT molecular complexity index is 669. The van der Waals surface area contributed by atoms with Gasteiger partial charge in [0.25, 0.3) is 0 Å². The minimum atomic E-state index is -1.94. The van der Waals surface area contributed by atoms with E-state index < -0.39 is 43.5 Å². The average Bonchev–Trinajstić information content (AvgIpc) is 2.69. The van der Waals surface area contributed by atoms with Crippen molar-refractivity contribution in [2.75, 3.05) is 13.7 Å². The first-order valence-electron chi connectivity index (χ1n) is 8.43. The van der Waals surface area contributed by atoms with Gasteiger partial charge in [0.2, 0.25) is 0 Å². The summed E-state index contributed by atoms with van der Waals surface area (Å²) in [7, 11) is -0.737. The van der Waals surface area contributed by atoms with Gasteiger partial charge in [-0.05, 0) is 0 Å². The Hall–Kier alpha value is -0.920. The predicted octanol–water partition coefficient (Wildman–Crippen LogP) is -1.30. The number of ether oxygens (including phenoxy) is 1. The summed E-state index contributed by atoms with van der Waals surface area (Å²) >= 11 is -0.117. The molecule has 0 saturated heterocycles. The van der Waals surface area contributed by atoms with Crippen LogP contribution in [0.15, 0.2) is 14.7 Å². The van der Waals surface area contributed by atoms with E-state index in [9.17, 15) is 24.7 Å². The summed E-state index contributed by atoms with van der Waals surface area (Å²) in [6, 6.07) is 0. The van der Waals surface area contributed by atoms with Gasteiger partial charge in [-0.25, -0.2) is 0 Å². The van der Waals surface area contributed by atoms with Crippen molar-refractivity contribution in [3.05, 3.63) is 31.4 Å². The summed E-state index contributed by atoms with van der Waals surface area (Å²) in [6.07, 6.45) is -4.52. The first-order chi connectivity index (χ1) is 12.7. The van der Waals surface area contributed by atoms with Gasteiger partial charge in [0.15, 0.2) is 0 Å². The Morgan fingerprint density at radius 2 is 1.78 bits per heavy atom. The van der Waals surface area contributed by atoms with E-state index >= 15 is 0 Å². The van der Waals surface area contributed by atoms with Crippen molar-refractivity contribution < 1.29 is 50.7 Å². The second kappa shape index (κ2) is 15.1. The van der Waals surface area contributed by atoms with Gasteiger partial charge < -0.3 is 0 Å². The maximum atomic E-state index is 11.9. The summed E-state index contributed by atoms with van der Waals surface area (Å²) in [4.78, 5) is 35.5. The maximum absolute atomic E-state index is 11.9. The average molecular weight is 577 g/mol. The third-order valence-corrected chi connectivity index (χ3v) is 6.50. The van der Waals surface area contributed by atoms with Crippen LogP contribution < -0.4 is 14.3 Å². The summed E-state index contributed by atoms with van der Waals surface area (Å²) < 4.78 is 10.8. The fourth-order valence-corrected chi connectivity index (χ4v) is 2.88. The molecule has 0 spiro atoms. The van der Waals surface area contributed by atoms with Crippen molar-refractivity contribution in [1.29, 1.82) is 0 Å². The molecule has 1 heterocycles. The molecule has 3 atom stereocenters. The Kier molecular flexibility index (Phi) is 15.8. The van der Waals surface area contributed by atoms with Crippen molar-refractivity contribution in [1.82, 2.24) is 9.55 Å². The number of methoxy groups -OCH3 is 1. The SMILES string of the molecule is CC.CC.COC(COB(O)N=O)C(O)C(O)n1c(C)[c]([Hg])c(=O)[nH]c1=O. The predicted molar refractivity (Wildman–Crippen MR) is 96.2 cm³/mol. The second-order valence-corrected chi connectivity index (χ2v) is 7.39. The molecule has 27 heavy (non-hydrogen) atoms. The molecule has 1 aromatic heterocycles. The molecule has 0 aromatic carbocycles. The van der Waals surface area contributed by atoms with Crippen LogP contribution in [0.4, 0.5) is 0 Å². The van der Waals surface area contributed by atoms with Crippen LogP contribution in [0.5, 0.6) is 0 Å². The molecule has 3 unspecified atom stereocenters. The zero-order valence-electron chi connectivity index (χ0n) is 16.5. The van der Waals surface area contributed by atoms with Crippen LogP contribution in [-0.2, 0) is 35.5 Å². The quantitative estimate of drug-likeness (QED) is 0.219. The number of nitroso groups, excluding NO2 is 1. The molecule has 0 aliphatic rings. The van der Waals surface area contributed by atoms with E-state index in [-0.39, 0.29) is 31.8 Å². The topological polar surface area (TPSA) is 163 Å². The Balaban J connectivity index is 0. The fourth-order valence-electron chi connectivity index (χ4n) is 1.88. The van der Waals surface area contributed by atoms with Crippen LogP contribution >= 0.6 is 0 Å². The van der Waals surface area contributed by atoms with Crippen LogP contribution in [-0.4, -0.2) is 58.0 Å². The van der Waals surface area contributed by atoms with Crippen molar-refractivity contribution >= 4 is 10.3 Å². The summed E-state index contributed by atoms with van der Waals surface area (Å²) in [5.74, 6) is 0. The van der Waals surface area contributed by atoms with Crippen LogP contribution in [0.25, 0.3) is 0 Å². The van der Waals surface area contributed by atoms with Gasteiger partial charge >= 0.3 is 146 Å². The molecule has 0 fully saturated rings. The number of aliphatic hydroxyl groups is 2. The molecule has 4 N–H and O–H groups in total. The Morgan fingerprint density at radius 3 is 2.22 bits per heavy atom. The number of nitrogens with zero attached hydrogens (tertiary/aromatic N) is 2. The second-order valence-electron chi connectivity index (χ2n) is 4.64. The van der Waals surface area contributed by atoms with Gasteiger partial charge in [-0.3, -0.25) is 0 Å². The van der Waals surface area contributed by atoms with Crippen LogP contribution in [0.3, 0.4) is 0 Å². The molecular formula is C14H27BHgN3O8. The third-order valence-electron chi connectivity index (χ3n) is 3.26. The van der Waals surface area contributed by atoms with E-state index in [0.29, 0.717) is 3.07 Å². The zero-order chi connectivity index (χ0) is 21.7. The van der Waals surface area contributed by atoms with E-state index in [2.05, 4.69) is 14.7 Å². The molecule has 0 radical (unpaired) electrons. The molecule has 13 heteroatoms. The van der Waals surface area contributed by atoms with Gasteiger partial charge in [0.05, 0.1) is 0 Å². The van der Waals surface area contributed by atoms with Crippen molar-refractivity contribution in [2.24, 2.45) is 5.09 Å². The van der Waals surface area contributed by atoms with Crippen molar-refractivity contribution in [3.63, 3.8) is 0 Å². The number of rotatable bonds is 8.